The van der Waals surface area contributed by atoms with Crippen molar-refractivity contribution in [2.24, 2.45) is 0 Å². The van der Waals surface area contributed by atoms with E-state index >= 15 is 0 Å². The van der Waals surface area contributed by atoms with Crippen molar-refractivity contribution in [2.75, 3.05) is 0 Å². The molecule has 7 heteroatoms. The summed E-state index contributed by atoms with van der Waals surface area (Å²) in [5.74, 6) is 0. The molecule has 0 saturated heterocycles. The molecule has 3 radical (unpaired) electrons. The van der Waals surface area contributed by atoms with Crippen LogP contribution in [-0.4, -0.2) is 27.3 Å². The van der Waals surface area contributed by atoms with Crippen molar-refractivity contribution in [1.82, 2.24) is 0 Å². The van der Waals surface area contributed by atoms with E-state index in [0.717, 1.165) is 0 Å². The average molecular weight is 353 g/mol. The van der Waals surface area contributed by atoms with Gasteiger partial charge in [-0.25, -0.2) is 0 Å². The van der Waals surface area contributed by atoms with Gasteiger partial charge in [0.2, 0.25) is 0 Å². The summed E-state index contributed by atoms with van der Waals surface area (Å²) < 4.78 is 8.55. The Bertz CT molecular complexity index is 57.8. The molecule has 0 aliphatic rings. The Morgan fingerprint density at radius 2 is 1.14 bits per heavy atom. The molecule has 0 aliphatic carbocycles. The van der Waals surface area contributed by atoms with Crippen LogP contribution in [0.3, 0.4) is 0 Å². The summed E-state index contributed by atoms with van der Waals surface area (Å²) in [6.45, 7) is 0. The number of rotatable bonds is 0. The first kappa shape index (κ1) is 15.8. The minimum Gasteiger partial charge on any atom is -0.822 e. The zero-order valence-electron chi connectivity index (χ0n) is 3.03. The van der Waals surface area contributed by atoms with Crippen LogP contribution in [0.2, 0.25) is 0 Å². The second-order valence-corrected chi connectivity index (χ2v) is 1.34. The zero-order chi connectivity index (χ0) is 4.50. The SMILES string of the molecule is O=P([O-])([O-])[O-].[Pb+2].[V]. The Morgan fingerprint density at radius 1 is 1.14 bits per heavy atom. The van der Waals surface area contributed by atoms with Gasteiger partial charge in [-0.15, -0.1) is 0 Å². The van der Waals surface area contributed by atoms with Crippen LogP contribution in [0.1, 0.15) is 0 Å². The summed E-state index contributed by atoms with van der Waals surface area (Å²) in [7, 11) is -5.39. The topological polar surface area (TPSA) is 86.2 Å². The third-order valence-corrected chi connectivity index (χ3v) is 0. The van der Waals surface area contributed by atoms with E-state index in [4.69, 9.17) is 19.2 Å². The second kappa shape index (κ2) is 5.75. The zero-order valence-corrected chi connectivity index (χ0v) is 9.21. The quantitative estimate of drug-likeness (QED) is 0.339. The first-order valence-corrected chi connectivity index (χ1v) is 2.19. The Labute approximate surface area is 72.6 Å². The predicted octanol–water partition coefficient (Wildman–Crippen LogP) is -3.21. The van der Waals surface area contributed by atoms with Gasteiger partial charge in [0, 0.05) is 18.6 Å². The molecule has 0 heterocycles. The standard InChI is InChI=1S/H3O4P.Pb.V/c1-5(2,3)4;;/h(H3,1,2,3,4);;/q;+2;/p-3. The summed E-state index contributed by atoms with van der Waals surface area (Å²) in [4.78, 5) is 25.6. The monoisotopic (exact) mass is 354 g/mol. The molecule has 7 heavy (non-hydrogen) atoms. The van der Waals surface area contributed by atoms with Crippen LogP contribution in [0, 0.1) is 0 Å². The van der Waals surface area contributed by atoms with Crippen LogP contribution in [0.5, 0.6) is 0 Å². The minimum absolute atomic E-state index is 0. The molecule has 0 atom stereocenters. The van der Waals surface area contributed by atoms with Crippen molar-refractivity contribution >= 4 is 35.1 Å². The van der Waals surface area contributed by atoms with Gasteiger partial charge in [-0.05, 0) is 0 Å². The van der Waals surface area contributed by atoms with Crippen molar-refractivity contribution < 1.29 is 37.8 Å². The second-order valence-electron chi connectivity index (χ2n) is 0.447. The van der Waals surface area contributed by atoms with E-state index in [0.29, 0.717) is 0 Å². The van der Waals surface area contributed by atoms with Crippen LogP contribution in [-0.2, 0) is 23.1 Å². The molecule has 0 aliphatic heterocycles. The molecule has 0 aromatic heterocycles. The Hall–Kier alpha value is 1.62. The molecular weight excluding hydrogens is 353 g/mol. The average Bonchev–Trinajstić information content (AvgIpc) is 0.722. The summed E-state index contributed by atoms with van der Waals surface area (Å²) in [6.07, 6.45) is 0. The van der Waals surface area contributed by atoms with Crippen molar-refractivity contribution in [3.8, 4) is 0 Å². The summed E-state index contributed by atoms with van der Waals surface area (Å²) in [5, 5.41) is 0. The van der Waals surface area contributed by atoms with Gasteiger partial charge in [-0.3, -0.25) is 0 Å². The summed E-state index contributed by atoms with van der Waals surface area (Å²) >= 11 is 0. The Balaban J connectivity index is -0.0000000800. The van der Waals surface area contributed by atoms with Gasteiger partial charge in [0.1, 0.15) is 0 Å². The maximum atomic E-state index is 8.55. The maximum Gasteiger partial charge on any atom is 2.00 e. The molecule has 0 spiro atoms. The first-order valence-electron chi connectivity index (χ1n) is 0.730. The van der Waals surface area contributed by atoms with Gasteiger partial charge in [0.25, 0.3) is 0 Å². The Morgan fingerprint density at radius 3 is 1.14 bits per heavy atom. The maximum absolute atomic E-state index is 8.55. The molecule has 0 fully saturated rings. The van der Waals surface area contributed by atoms with Gasteiger partial charge in [-0.2, -0.15) is 7.82 Å². The van der Waals surface area contributed by atoms with E-state index in [1.165, 1.54) is 0 Å². The third-order valence-electron chi connectivity index (χ3n) is 0. The molecule has 0 aromatic rings. The van der Waals surface area contributed by atoms with E-state index in [2.05, 4.69) is 0 Å². The van der Waals surface area contributed by atoms with Gasteiger partial charge in [-0.1, -0.05) is 0 Å². The van der Waals surface area contributed by atoms with Crippen molar-refractivity contribution in [1.29, 1.82) is 0 Å². The van der Waals surface area contributed by atoms with E-state index in [-0.39, 0.29) is 45.9 Å². The van der Waals surface area contributed by atoms with Crippen molar-refractivity contribution in [3.05, 3.63) is 0 Å². The molecule has 4 nitrogen and oxygen atoms in total. The molecule has 0 unspecified atom stereocenters. The fraction of sp³-hybridized carbons (Fsp3) is 0. The predicted molar refractivity (Wildman–Crippen MR) is 13.4 cm³/mol. The van der Waals surface area contributed by atoms with Crippen molar-refractivity contribution in [2.45, 2.75) is 0 Å². The van der Waals surface area contributed by atoms with Crippen LogP contribution in [0.25, 0.3) is 0 Å². The first-order chi connectivity index (χ1) is 2.00. The summed E-state index contributed by atoms with van der Waals surface area (Å²) in [5.41, 5.74) is 0. The van der Waals surface area contributed by atoms with Gasteiger partial charge >= 0.3 is 27.3 Å². The summed E-state index contributed by atoms with van der Waals surface area (Å²) in [6, 6.07) is 0. The largest absolute Gasteiger partial charge is 2.00 e. The van der Waals surface area contributed by atoms with Crippen LogP contribution >= 0.6 is 7.82 Å². The molecule has 0 N–H and O–H groups in total. The third kappa shape index (κ3) is 91.9. The van der Waals surface area contributed by atoms with Crippen LogP contribution in [0.15, 0.2) is 0 Å². The number of hydrogen-bond donors (Lipinski definition) is 0. The fourth-order valence-electron chi connectivity index (χ4n) is 0. The van der Waals surface area contributed by atoms with Crippen LogP contribution in [0.4, 0.5) is 0 Å². The molecule has 0 amide bonds. The van der Waals surface area contributed by atoms with Gasteiger partial charge in [0.15, 0.2) is 0 Å². The van der Waals surface area contributed by atoms with Crippen molar-refractivity contribution in [3.63, 3.8) is 0 Å². The fourth-order valence-corrected chi connectivity index (χ4v) is 0. The van der Waals surface area contributed by atoms with E-state index < -0.39 is 7.82 Å². The minimum atomic E-state index is -5.39. The molecular formula is O4PPbV-. The molecule has 0 saturated carbocycles. The molecule has 0 bridgehead atoms. The van der Waals surface area contributed by atoms with Gasteiger partial charge < -0.3 is 19.2 Å². The van der Waals surface area contributed by atoms with Gasteiger partial charge in [0.05, 0.1) is 0 Å². The number of phosphoric acid groups is 1. The molecule has 0 rings (SSSR count). The molecule has 39 valence electrons. The smallest absolute Gasteiger partial charge is 0.822 e. The van der Waals surface area contributed by atoms with E-state index in [9.17, 15) is 0 Å². The Kier molecular flexibility index (Phi) is 13.0. The van der Waals surface area contributed by atoms with E-state index in [1.807, 2.05) is 0 Å². The molecule has 0 aromatic carbocycles. The number of hydrogen-bond acceptors (Lipinski definition) is 4. The normalized spacial score (nSPS) is 8.43. The van der Waals surface area contributed by atoms with E-state index in [1.54, 1.807) is 0 Å². The van der Waals surface area contributed by atoms with Crippen LogP contribution < -0.4 is 14.7 Å².